The van der Waals surface area contributed by atoms with Gasteiger partial charge in [-0.25, -0.2) is 0 Å². The van der Waals surface area contributed by atoms with Crippen LogP contribution in [0.3, 0.4) is 0 Å². The SMILES string of the molecule is Cc1cc(Cl)ccc1[C@H]1CN1. The monoisotopic (exact) mass is 167 g/mol. The van der Waals surface area contributed by atoms with Gasteiger partial charge in [0.15, 0.2) is 0 Å². The predicted molar refractivity (Wildman–Crippen MR) is 46.9 cm³/mol. The summed E-state index contributed by atoms with van der Waals surface area (Å²) >= 11 is 5.82. The summed E-state index contributed by atoms with van der Waals surface area (Å²) in [5, 5.41) is 4.09. The van der Waals surface area contributed by atoms with Gasteiger partial charge in [-0.1, -0.05) is 17.7 Å². The van der Waals surface area contributed by atoms with Crippen LogP contribution in [-0.2, 0) is 0 Å². The number of nitrogens with one attached hydrogen (secondary N) is 1. The highest BCUT2D eigenvalue weighted by molar-refractivity contribution is 6.30. The van der Waals surface area contributed by atoms with Crippen molar-refractivity contribution in [2.24, 2.45) is 0 Å². The van der Waals surface area contributed by atoms with Crippen molar-refractivity contribution in [1.82, 2.24) is 5.32 Å². The van der Waals surface area contributed by atoms with Crippen molar-refractivity contribution < 1.29 is 0 Å². The topological polar surface area (TPSA) is 21.9 Å². The quantitative estimate of drug-likeness (QED) is 0.637. The smallest absolute Gasteiger partial charge is 0.0450 e. The molecular formula is C9H10ClN. The molecule has 1 fully saturated rings. The van der Waals surface area contributed by atoms with Crippen molar-refractivity contribution in [3.8, 4) is 0 Å². The molecule has 1 N–H and O–H groups in total. The maximum absolute atomic E-state index is 5.82. The van der Waals surface area contributed by atoms with E-state index in [1.165, 1.54) is 11.1 Å². The summed E-state index contributed by atoms with van der Waals surface area (Å²) < 4.78 is 0. The van der Waals surface area contributed by atoms with Gasteiger partial charge < -0.3 is 5.32 Å². The minimum Gasteiger partial charge on any atom is -0.307 e. The number of hydrogen-bond acceptors (Lipinski definition) is 1. The van der Waals surface area contributed by atoms with Crippen LogP contribution in [-0.4, -0.2) is 6.54 Å². The van der Waals surface area contributed by atoms with Crippen molar-refractivity contribution in [2.45, 2.75) is 13.0 Å². The average Bonchev–Trinajstić information content (AvgIpc) is 2.70. The summed E-state index contributed by atoms with van der Waals surface area (Å²) in [6, 6.07) is 6.65. The first-order chi connectivity index (χ1) is 5.27. The highest BCUT2D eigenvalue weighted by atomic mass is 35.5. The van der Waals surface area contributed by atoms with Crippen molar-refractivity contribution in [1.29, 1.82) is 0 Å². The summed E-state index contributed by atoms with van der Waals surface area (Å²) in [4.78, 5) is 0. The van der Waals surface area contributed by atoms with E-state index in [1.54, 1.807) is 0 Å². The zero-order valence-electron chi connectivity index (χ0n) is 6.39. The lowest BCUT2D eigenvalue weighted by atomic mass is 10.1. The standard InChI is InChI=1S/C9H10ClN/c1-6-4-7(10)2-3-8(6)9-5-11-9/h2-4,9,11H,5H2,1H3/t9-/m1/s1. The molecule has 0 unspecified atom stereocenters. The Morgan fingerprint density at radius 1 is 1.55 bits per heavy atom. The molecule has 1 aromatic carbocycles. The molecule has 0 aromatic heterocycles. The third kappa shape index (κ3) is 1.39. The number of benzene rings is 1. The highest BCUT2D eigenvalue weighted by Crippen LogP contribution is 2.26. The van der Waals surface area contributed by atoms with Gasteiger partial charge in [-0.2, -0.15) is 0 Å². The van der Waals surface area contributed by atoms with Gasteiger partial charge in [-0.05, 0) is 30.2 Å². The Labute approximate surface area is 71.4 Å². The molecule has 58 valence electrons. The normalized spacial score (nSPS) is 21.8. The zero-order chi connectivity index (χ0) is 7.84. The fourth-order valence-electron chi connectivity index (χ4n) is 1.31. The lowest BCUT2D eigenvalue weighted by Gasteiger charge is -2.01. The Bertz CT molecular complexity index is 279. The molecule has 11 heavy (non-hydrogen) atoms. The molecule has 2 rings (SSSR count). The van der Waals surface area contributed by atoms with Gasteiger partial charge in [0.25, 0.3) is 0 Å². The molecule has 1 saturated heterocycles. The van der Waals surface area contributed by atoms with E-state index in [9.17, 15) is 0 Å². The maximum Gasteiger partial charge on any atom is 0.0450 e. The second-order valence-electron chi connectivity index (χ2n) is 2.96. The molecular weight excluding hydrogens is 158 g/mol. The van der Waals surface area contributed by atoms with Crippen LogP contribution in [0.1, 0.15) is 17.2 Å². The van der Waals surface area contributed by atoms with Gasteiger partial charge in [-0.3, -0.25) is 0 Å². The second kappa shape index (κ2) is 2.50. The van der Waals surface area contributed by atoms with E-state index >= 15 is 0 Å². The van der Waals surface area contributed by atoms with Crippen LogP contribution in [0.5, 0.6) is 0 Å². The third-order valence-electron chi connectivity index (χ3n) is 2.02. The summed E-state index contributed by atoms with van der Waals surface area (Å²) in [6.45, 7) is 3.21. The molecule has 1 aliphatic rings. The lowest BCUT2D eigenvalue weighted by molar-refractivity contribution is 1.06. The highest BCUT2D eigenvalue weighted by Gasteiger charge is 2.23. The Hall–Kier alpha value is -0.530. The summed E-state index contributed by atoms with van der Waals surface area (Å²) in [7, 11) is 0. The largest absolute Gasteiger partial charge is 0.307 e. The first-order valence-electron chi connectivity index (χ1n) is 3.77. The molecule has 1 aliphatic heterocycles. The Morgan fingerprint density at radius 2 is 2.27 bits per heavy atom. The van der Waals surface area contributed by atoms with Crippen LogP contribution in [0.2, 0.25) is 5.02 Å². The van der Waals surface area contributed by atoms with E-state index in [0.29, 0.717) is 6.04 Å². The lowest BCUT2D eigenvalue weighted by Crippen LogP contribution is -1.88. The Morgan fingerprint density at radius 3 is 2.82 bits per heavy atom. The molecule has 1 atom stereocenters. The van der Waals surface area contributed by atoms with Crippen molar-refractivity contribution in [3.05, 3.63) is 34.3 Å². The first-order valence-corrected chi connectivity index (χ1v) is 4.14. The second-order valence-corrected chi connectivity index (χ2v) is 3.40. The van der Waals surface area contributed by atoms with Crippen LogP contribution in [0.4, 0.5) is 0 Å². The van der Waals surface area contributed by atoms with Crippen LogP contribution in [0.15, 0.2) is 18.2 Å². The average molecular weight is 168 g/mol. The summed E-state index contributed by atoms with van der Waals surface area (Å²) in [6.07, 6.45) is 0. The Kier molecular flexibility index (Phi) is 1.63. The molecule has 1 heterocycles. The van der Waals surface area contributed by atoms with Crippen molar-refractivity contribution in [2.75, 3.05) is 6.54 Å². The first kappa shape index (κ1) is 7.14. The molecule has 0 saturated carbocycles. The van der Waals surface area contributed by atoms with Gasteiger partial charge in [0, 0.05) is 17.6 Å². The van der Waals surface area contributed by atoms with E-state index in [4.69, 9.17) is 11.6 Å². The Balaban J connectivity index is 2.39. The minimum absolute atomic E-state index is 0.590. The molecule has 1 nitrogen and oxygen atoms in total. The predicted octanol–water partition coefficient (Wildman–Crippen LogP) is 2.29. The molecule has 1 aromatic rings. The van der Waals surface area contributed by atoms with Gasteiger partial charge in [0.2, 0.25) is 0 Å². The summed E-state index contributed by atoms with van der Waals surface area (Å²) in [5.41, 5.74) is 2.67. The van der Waals surface area contributed by atoms with Crippen LogP contribution in [0, 0.1) is 6.92 Å². The van der Waals surface area contributed by atoms with Crippen molar-refractivity contribution >= 4 is 11.6 Å². The molecule has 0 radical (unpaired) electrons. The zero-order valence-corrected chi connectivity index (χ0v) is 7.15. The molecule has 0 spiro atoms. The van der Waals surface area contributed by atoms with E-state index in [1.807, 2.05) is 12.1 Å². The van der Waals surface area contributed by atoms with Gasteiger partial charge in [0.1, 0.15) is 0 Å². The van der Waals surface area contributed by atoms with E-state index in [-0.39, 0.29) is 0 Å². The van der Waals surface area contributed by atoms with Crippen molar-refractivity contribution in [3.63, 3.8) is 0 Å². The fourth-order valence-corrected chi connectivity index (χ4v) is 1.54. The number of aryl methyl sites for hydroxylation is 1. The summed E-state index contributed by atoms with van der Waals surface area (Å²) in [5.74, 6) is 0. The van der Waals surface area contributed by atoms with Crippen LogP contribution >= 0.6 is 11.6 Å². The van der Waals surface area contributed by atoms with Crippen LogP contribution in [0.25, 0.3) is 0 Å². The minimum atomic E-state index is 0.590. The van der Waals surface area contributed by atoms with E-state index in [2.05, 4.69) is 18.3 Å². The van der Waals surface area contributed by atoms with E-state index in [0.717, 1.165) is 11.6 Å². The number of halogens is 1. The molecule has 0 aliphatic carbocycles. The molecule has 2 heteroatoms. The van der Waals surface area contributed by atoms with Gasteiger partial charge in [0.05, 0.1) is 0 Å². The van der Waals surface area contributed by atoms with E-state index < -0.39 is 0 Å². The fraction of sp³-hybridized carbons (Fsp3) is 0.333. The van der Waals surface area contributed by atoms with Gasteiger partial charge in [-0.15, -0.1) is 0 Å². The number of rotatable bonds is 1. The third-order valence-corrected chi connectivity index (χ3v) is 2.25. The van der Waals surface area contributed by atoms with Gasteiger partial charge >= 0.3 is 0 Å². The molecule has 0 bridgehead atoms. The number of hydrogen-bond donors (Lipinski definition) is 1. The molecule has 0 amide bonds. The van der Waals surface area contributed by atoms with Crippen LogP contribution < -0.4 is 5.32 Å². The maximum atomic E-state index is 5.82.